The molecule has 0 fully saturated rings. The van der Waals surface area contributed by atoms with E-state index >= 15 is 0 Å². The third-order valence-corrected chi connectivity index (χ3v) is 5.39. The second kappa shape index (κ2) is 8.29. The molecule has 0 aliphatic heterocycles. The van der Waals surface area contributed by atoms with Crippen LogP contribution in [0.4, 0.5) is 13.2 Å². The Kier molecular flexibility index (Phi) is 7.00. The van der Waals surface area contributed by atoms with Crippen LogP contribution < -0.4 is 0 Å². The second-order valence-electron chi connectivity index (χ2n) is 5.02. The van der Waals surface area contributed by atoms with Gasteiger partial charge in [-0.15, -0.1) is 0 Å². The average Bonchev–Trinajstić information content (AvgIpc) is 2.50. The standard InChI is InChI=1S/C16H19F3O3S/c1-2-3-4-5-9-12-14(15(20)16(17,18)19)23(21,22)13-10-7-6-8-11-13/h3-4,6-8,10-11,14H,2,5,9,12H2,1H3/b4-3+. The maximum absolute atomic E-state index is 12.7. The summed E-state index contributed by atoms with van der Waals surface area (Å²) in [5.74, 6) is -2.21. The van der Waals surface area contributed by atoms with Crippen molar-refractivity contribution in [3.8, 4) is 0 Å². The van der Waals surface area contributed by atoms with Gasteiger partial charge < -0.3 is 0 Å². The molecule has 0 bridgehead atoms. The van der Waals surface area contributed by atoms with Gasteiger partial charge in [-0.3, -0.25) is 4.79 Å². The Morgan fingerprint density at radius 1 is 1.17 bits per heavy atom. The Labute approximate surface area is 134 Å². The van der Waals surface area contributed by atoms with E-state index in [2.05, 4.69) is 0 Å². The molecule has 1 unspecified atom stereocenters. The molecule has 0 spiro atoms. The van der Waals surface area contributed by atoms with Crippen LogP contribution in [0.5, 0.6) is 0 Å². The van der Waals surface area contributed by atoms with Gasteiger partial charge in [0, 0.05) is 0 Å². The highest BCUT2D eigenvalue weighted by molar-refractivity contribution is 7.92. The summed E-state index contributed by atoms with van der Waals surface area (Å²) in [6, 6.07) is 6.76. The number of sulfone groups is 1. The second-order valence-corrected chi connectivity index (χ2v) is 7.15. The molecule has 1 aromatic carbocycles. The number of hydrogen-bond acceptors (Lipinski definition) is 3. The lowest BCUT2D eigenvalue weighted by atomic mass is 10.1. The molecule has 3 nitrogen and oxygen atoms in total. The summed E-state index contributed by atoms with van der Waals surface area (Å²) < 4.78 is 63.0. The number of rotatable bonds is 8. The molecular weight excluding hydrogens is 329 g/mol. The van der Waals surface area contributed by atoms with Crippen molar-refractivity contribution in [3.05, 3.63) is 42.5 Å². The largest absolute Gasteiger partial charge is 0.451 e. The highest BCUT2D eigenvalue weighted by atomic mass is 32.2. The summed E-state index contributed by atoms with van der Waals surface area (Å²) in [5.41, 5.74) is 0. The van der Waals surface area contributed by atoms with Gasteiger partial charge in [0.05, 0.1) is 4.90 Å². The number of hydrogen-bond donors (Lipinski definition) is 0. The lowest BCUT2D eigenvalue weighted by Gasteiger charge is -2.18. The minimum atomic E-state index is -5.17. The molecule has 7 heteroatoms. The Morgan fingerprint density at radius 3 is 2.30 bits per heavy atom. The normalized spacial score (nSPS) is 14.1. The molecule has 0 radical (unpaired) electrons. The predicted molar refractivity (Wildman–Crippen MR) is 81.8 cm³/mol. The minimum absolute atomic E-state index is 0.190. The molecule has 0 amide bonds. The summed E-state index contributed by atoms with van der Waals surface area (Å²) in [6.07, 6.45) is -0.520. The molecule has 0 heterocycles. The van der Waals surface area contributed by atoms with E-state index in [0.29, 0.717) is 6.42 Å². The monoisotopic (exact) mass is 348 g/mol. The van der Waals surface area contributed by atoms with E-state index in [0.717, 1.165) is 6.42 Å². The van der Waals surface area contributed by atoms with Crippen LogP contribution in [-0.4, -0.2) is 25.6 Å². The zero-order chi connectivity index (χ0) is 17.5. The van der Waals surface area contributed by atoms with Crippen LogP contribution >= 0.6 is 0 Å². The number of allylic oxidation sites excluding steroid dienone is 2. The van der Waals surface area contributed by atoms with E-state index in [4.69, 9.17) is 0 Å². The number of unbranched alkanes of at least 4 members (excludes halogenated alkanes) is 1. The third-order valence-electron chi connectivity index (χ3n) is 3.26. The van der Waals surface area contributed by atoms with Gasteiger partial charge in [0.1, 0.15) is 5.25 Å². The Balaban J connectivity index is 3.04. The smallest absolute Gasteiger partial charge is 0.288 e. The average molecular weight is 348 g/mol. The first kappa shape index (κ1) is 19.4. The molecule has 23 heavy (non-hydrogen) atoms. The van der Waals surface area contributed by atoms with Gasteiger partial charge in [0.15, 0.2) is 9.84 Å². The molecule has 0 aliphatic carbocycles. The summed E-state index contributed by atoms with van der Waals surface area (Å²) in [7, 11) is -4.37. The maximum Gasteiger partial charge on any atom is 0.451 e. The fraction of sp³-hybridized carbons (Fsp3) is 0.438. The summed E-state index contributed by atoms with van der Waals surface area (Å²) in [4.78, 5) is 11.3. The Bertz CT molecular complexity index is 634. The van der Waals surface area contributed by atoms with Crippen molar-refractivity contribution in [1.82, 2.24) is 0 Å². The Hall–Kier alpha value is -1.63. The lowest BCUT2D eigenvalue weighted by molar-refractivity contribution is -0.170. The SMILES string of the molecule is CC/C=C/CCCC(C(=O)C(F)(F)F)S(=O)(=O)c1ccccc1. The molecular formula is C16H19F3O3S. The highest BCUT2D eigenvalue weighted by Gasteiger charge is 2.48. The van der Waals surface area contributed by atoms with Gasteiger partial charge >= 0.3 is 6.18 Å². The van der Waals surface area contributed by atoms with E-state index in [1.54, 1.807) is 12.1 Å². The van der Waals surface area contributed by atoms with Crippen LogP contribution in [0.1, 0.15) is 32.6 Å². The lowest BCUT2D eigenvalue weighted by Crippen LogP contribution is -2.39. The van der Waals surface area contributed by atoms with Crippen LogP contribution in [0.2, 0.25) is 0 Å². The van der Waals surface area contributed by atoms with E-state index in [9.17, 15) is 26.4 Å². The topological polar surface area (TPSA) is 51.2 Å². The highest BCUT2D eigenvalue weighted by Crippen LogP contribution is 2.28. The van der Waals surface area contributed by atoms with Crippen molar-refractivity contribution in [1.29, 1.82) is 0 Å². The van der Waals surface area contributed by atoms with Crippen LogP contribution in [0.3, 0.4) is 0 Å². The first-order valence-electron chi connectivity index (χ1n) is 7.26. The van der Waals surface area contributed by atoms with Crippen LogP contribution in [0.15, 0.2) is 47.4 Å². The molecule has 0 aromatic heterocycles. The zero-order valence-electron chi connectivity index (χ0n) is 12.7. The quantitative estimate of drug-likeness (QED) is 0.525. The summed E-state index contributed by atoms with van der Waals surface area (Å²) >= 11 is 0. The van der Waals surface area contributed by atoms with Gasteiger partial charge in [-0.1, -0.05) is 37.3 Å². The first-order valence-corrected chi connectivity index (χ1v) is 8.81. The maximum atomic E-state index is 12.7. The van der Waals surface area contributed by atoms with Crippen molar-refractivity contribution in [2.75, 3.05) is 0 Å². The third kappa shape index (κ3) is 5.49. The van der Waals surface area contributed by atoms with Crippen molar-refractivity contribution in [2.45, 2.75) is 48.9 Å². The van der Waals surface area contributed by atoms with Gasteiger partial charge in [-0.25, -0.2) is 8.42 Å². The molecule has 0 N–H and O–H groups in total. The van der Waals surface area contributed by atoms with Crippen LogP contribution in [-0.2, 0) is 14.6 Å². The molecule has 1 aromatic rings. The number of carbonyl (C=O) groups is 1. The molecule has 0 saturated carbocycles. The van der Waals surface area contributed by atoms with E-state index in [1.807, 2.05) is 13.0 Å². The summed E-state index contributed by atoms with van der Waals surface area (Å²) in [6.45, 7) is 1.91. The van der Waals surface area contributed by atoms with Crippen LogP contribution in [0.25, 0.3) is 0 Å². The van der Waals surface area contributed by atoms with Gasteiger partial charge in [-0.2, -0.15) is 13.2 Å². The number of halogens is 3. The summed E-state index contributed by atoms with van der Waals surface area (Å²) in [5, 5.41) is -2.10. The van der Waals surface area contributed by atoms with E-state index in [-0.39, 0.29) is 17.7 Å². The van der Waals surface area contributed by atoms with Crippen molar-refractivity contribution < 1.29 is 26.4 Å². The number of alkyl halides is 3. The molecule has 1 rings (SSSR count). The Morgan fingerprint density at radius 2 is 1.78 bits per heavy atom. The fourth-order valence-corrected chi connectivity index (χ4v) is 3.85. The fourth-order valence-electron chi connectivity index (χ4n) is 2.09. The van der Waals surface area contributed by atoms with Crippen LogP contribution in [0, 0.1) is 0 Å². The number of Topliss-reactive ketones (excluding diaryl/α,β-unsaturated/α-hetero) is 1. The molecule has 128 valence electrons. The van der Waals surface area contributed by atoms with Gasteiger partial charge in [0.25, 0.3) is 5.78 Å². The van der Waals surface area contributed by atoms with E-state index in [1.165, 1.54) is 24.3 Å². The number of carbonyl (C=O) groups excluding carboxylic acids is 1. The molecule has 1 atom stereocenters. The first-order chi connectivity index (χ1) is 10.7. The van der Waals surface area contributed by atoms with Gasteiger partial charge in [-0.05, 0) is 37.8 Å². The van der Waals surface area contributed by atoms with E-state index < -0.39 is 27.0 Å². The van der Waals surface area contributed by atoms with Crippen molar-refractivity contribution >= 4 is 15.6 Å². The van der Waals surface area contributed by atoms with Crippen molar-refractivity contribution in [2.24, 2.45) is 0 Å². The number of ketones is 1. The zero-order valence-corrected chi connectivity index (χ0v) is 13.5. The van der Waals surface area contributed by atoms with Crippen molar-refractivity contribution in [3.63, 3.8) is 0 Å². The van der Waals surface area contributed by atoms with Gasteiger partial charge in [0.2, 0.25) is 0 Å². The molecule has 0 aliphatic rings. The number of benzene rings is 1. The minimum Gasteiger partial charge on any atom is -0.288 e. The molecule has 0 saturated heterocycles. The predicted octanol–water partition coefficient (Wildman–Crippen LogP) is 4.10.